The molecule has 136 valence electrons. The number of anilines is 3. The SMILES string of the molecule is CC(=O)Cc1ccc(Nc2nccc(-c3ccc(NC(C)=O)cc3)n2)cc1. The standard InChI is InChI=1S/C21H20N4O2/c1-14(26)13-16-3-7-19(8-4-16)24-21-22-12-11-20(25-21)17-5-9-18(10-6-17)23-15(2)27/h3-12H,13H2,1-2H3,(H,23,27)(H,22,24,25). The van der Waals surface area contributed by atoms with E-state index in [0.29, 0.717) is 12.4 Å². The number of amides is 1. The van der Waals surface area contributed by atoms with Crippen molar-refractivity contribution < 1.29 is 9.59 Å². The smallest absolute Gasteiger partial charge is 0.227 e. The zero-order valence-electron chi connectivity index (χ0n) is 15.2. The quantitative estimate of drug-likeness (QED) is 0.695. The summed E-state index contributed by atoms with van der Waals surface area (Å²) < 4.78 is 0. The molecule has 27 heavy (non-hydrogen) atoms. The van der Waals surface area contributed by atoms with Gasteiger partial charge in [0.1, 0.15) is 5.78 Å². The number of aromatic nitrogens is 2. The molecular formula is C21H20N4O2. The van der Waals surface area contributed by atoms with E-state index in [1.165, 1.54) is 6.92 Å². The summed E-state index contributed by atoms with van der Waals surface area (Å²) in [5.41, 5.74) is 4.26. The van der Waals surface area contributed by atoms with E-state index in [4.69, 9.17) is 0 Å². The Morgan fingerprint density at radius 3 is 2.19 bits per heavy atom. The molecule has 0 atom stereocenters. The van der Waals surface area contributed by atoms with E-state index in [2.05, 4.69) is 20.6 Å². The van der Waals surface area contributed by atoms with Crippen LogP contribution in [-0.2, 0) is 16.0 Å². The van der Waals surface area contributed by atoms with Gasteiger partial charge < -0.3 is 10.6 Å². The van der Waals surface area contributed by atoms with Crippen LogP contribution in [0, 0.1) is 0 Å². The molecule has 0 radical (unpaired) electrons. The minimum absolute atomic E-state index is 0.106. The first-order chi connectivity index (χ1) is 13.0. The molecule has 0 bridgehead atoms. The highest BCUT2D eigenvalue weighted by Gasteiger charge is 2.04. The van der Waals surface area contributed by atoms with Gasteiger partial charge in [-0.15, -0.1) is 0 Å². The van der Waals surface area contributed by atoms with Crippen LogP contribution in [0.15, 0.2) is 60.8 Å². The van der Waals surface area contributed by atoms with Gasteiger partial charge in [-0.1, -0.05) is 24.3 Å². The molecule has 0 saturated heterocycles. The lowest BCUT2D eigenvalue weighted by Crippen LogP contribution is -2.05. The van der Waals surface area contributed by atoms with Crippen molar-refractivity contribution in [3.8, 4) is 11.3 Å². The average molecular weight is 360 g/mol. The van der Waals surface area contributed by atoms with Crippen LogP contribution in [0.25, 0.3) is 11.3 Å². The van der Waals surface area contributed by atoms with Crippen LogP contribution < -0.4 is 10.6 Å². The summed E-state index contributed by atoms with van der Waals surface area (Å²) >= 11 is 0. The molecule has 6 nitrogen and oxygen atoms in total. The van der Waals surface area contributed by atoms with Crippen molar-refractivity contribution in [3.05, 3.63) is 66.4 Å². The largest absolute Gasteiger partial charge is 0.326 e. The van der Waals surface area contributed by atoms with Gasteiger partial charge in [0.15, 0.2) is 0 Å². The Morgan fingerprint density at radius 1 is 0.889 bits per heavy atom. The highest BCUT2D eigenvalue weighted by atomic mass is 16.1. The maximum Gasteiger partial charge on any atom is 0.227 e. The van der Waals surface area contributed by atoms with Crippen molar-refractivity contribution >= 4 is 29.0 Å². The summed E-state index contributed by atoms with van der Waals surface area (Å²) in [5.74, 6) is 0.514. The minimum atomic E-state index is -0.106. The molecule has 6 heteroatoms. The lowest BCUT2D eigenvalue weighted by molar-refractivity contribution is -0.116. The monoisotopic (exact) mass is 360 g/mol. The normalized spacial score (nSPS) is 10.3. The van der Waals surface area contributed by atoms with Crippen molar-refractivity contribution in [2.75, 3.05) is 10.6 Å². The molecule has 1 heterocycles. The predicted octanol–water partition coefficient (Wildman–Crippen LogP) is 3.98. The first kappa shape index (κ1) is 18.3. The number of benzene rings is 2. The van der Waals surface area contributed by atoms with Crippen molar-refractivity contribution in [1.29, 1.82) is 0 Å². The third-order valence-electron chi connectivity index (χ3n) is 3.82. The van der Waals surface area contributed by atoms with Gasteiger partial charge in [0, 0.05) is 36.5 Å². The molecule has 0 aliphatic heterocycles. The van der Waals surface area contributed by atoms with E-state index < -0.39 is 0 Å². The number of nitrogens with one attached hydrogen (secondary N) is 2. The summed E-state index contributed by atoms with van der Waals surface area (Å²) in [7, 11) is 0. The summed E-state index contributed by atoms with van der Waals surface area (Å²) in [4.78, 5) is 31.1. The molecule has 1 amide bonds. The van der Waals surface area contributed by atoms with Gasteiger partial charge in [-0.3, -0.25) is 9.59 Å². The number of hydrogen-bond acceptors (Lipinski definition) is 5. The third-order valence-corrected chi connectivity index (χ3v) is 3.82. The van der Waals surface area contributed by atoms with Crippen LogP contribution >= 0.6 is 0 Å². The van der Waals surface area contributed by atoms with Gasteiger partial charge in [-0.2, -0.15) is 0 Å². The molecule has 0 aliphatic rings. The van der Waals surface area contributed by atoms with Crippen molar-refractivity contribution in [2.45, 2.75) is 20.3 Å². The van der Waals surface area contributed by atoms with E-state index >= 15 is 0 Å². The Morgan fingerprint density at radius 2 is 1.56 bits per heavy atom. The topological polar surface area (TPSA) is 84.0 Å². The van der Waals surface area contributed by atoms with E-state index in [-0.39, 0.29) is 11.7 Å². The molecule has 0 spiro atoms. The highest BCUT2D eigenvalue weighted by Crippen LogP contribution is 2.21. The molecule has 0 unspecified atom stereocenters. The number of ketones is 1. The second kappa shape index (κ2) is 8.23. The van der Waals surface area contributed by atoms with Crippen LogP contribution in [0.4, 0.5) is 17.3 Å². The predicted molar refractivity (Wildman–Crippen MR) is 106 cm³/mol. The highest BCUT2D eigenvalue weighted by molar-refractivity contribution is 5.88. The third kappa shape index (κ3) is 5.22. The Balaban J connectivity index is 1.73. The number of Topliss-reactive ketones (excluding diaryl/α,β-unsaturated/α-hetero) is 1. The number of hydrogen-bond donors (Lipinski definition) is 2. The summed E-state index contributed by atoms with van der Waals surface area (Å²) in [5, 5.41) is 5.91. The average Bonchev–Trinajstić information content (AvgIpc) is 2.63. The van der Waals surface area contributed by atoms with E-state index in [1.54, 1.807) is 13.1 Å². The molecule has 1 aromatic heterocycles. The van der Waals surface area contributed by atoms with Crippen LogP contribution in [0.1, 0.15) is 19.4 Å². The molecule has 0 saturated carbocycles. The van der Waals surface area contributed by atoms with E-state index in [9.17, 15) is 9.59 Å². The molecule has 0 fully saturated rings. The Hall–Kier alpha value is -3.54. The minimum Gasteiger partial charge on any atom is -0.326 e. The molecule has 3 aromatic rings. The van der Waals surface area contributed by atoms with Gasteiger partial charge in [0.05, 0.1) is 5.69 Å². The summed E-state index contributed by atoms with van der Waals surface area (Å²) in [6, 6.07) is 16.9. The fourth-order valence-electron chi connectivity index (χ4n) is 2.63. The Bertz CT molecular complexity index is 951. The molecule has 2 aromatic carbocycles. The first-order valence-corrected chi connectivity index (χ1v) is 8.56. The lowest BCUT2D eigenvalue weighted by atomic mass is 10.1. The van der Waals surface area contributed by atoms with E-state index in [0.717, 1.165) is 28.2 Å². The van der Waals surface area contributed by atoms with Gasteiger partial charge in [-0.25, -0.2) is 9.97 Å². The second-order valence-electron chi connectivity index (χ2n) is 6.22. The fourth-order valence-corrected chi connectivity index (χ4v) is 2.63. The van der Waals surface area contributed by atoms with Crippen molar-refractivity contribution in [1.82, 2.24) is 9.97 Å². The molecule has 3 rings (SSSR count). The van der Waals surface area contributed by atoms with E-state index in [1.807, 2.05) is 54.6 Å². The molecule has 2 N–H and O–H groups in total. The zero-order valence-corrected chi connectivity index (χ0v) is 15.2. The lowest BCUT2D eigenvalue weighted by Gasteiger charge is -2.08. The number of nitrogens with zero attached hydrogens (tertiary/aromatic N) is 2. The Labute approximate surface area is 157 Å². The van der Waals surface area contributed by atoms with Crippen molar-refractivity contribution in [2.24, 2.45) is 0 Å². The Kier molecular flexibility index (Phi) is 5.56. The first-order valence-electron chi connectivity index (χ1n) is 8.56. The second-order valence-corrected chi connectivity index (χ2v) is 6.22. The fraction of sp³-hybridized carbons (Fsp3) is 0.143. The number of carbonyl (C=O) groups excluding carboxylic acids is 2. The summed E-state index contributed by atoms with van der Waals surface area (Å²) in [6.07, 6.45) is 2.12. The van der Waals surface area contributed by atoms with Gasteiger partial charge in [-0.05, 0) is 42.8 Å². The summed E-state index contributed by atoms with van der Waals surface area (Å²) in [6.45, 7) is 3.05. The van der Waals surface area contributed by atoms with Gasteiger partial charge >= 0.3 is 0 Å². The van der Waals surface area contributed by atoms with Crippen LogP contribution in [0.2, 0.25) is 0 Å². The van der Waals surface area contributed by atoms with Gasteiger partial charge in [0.25, 0.3) is 0 Å². The maximum absolute atomic E-state index is 11.2. The van der Waals surface area contributed by atoms with Crippen LogP contribution in [-0.4, -0.2) is 21.7 Å². The number of carbonyl (C=O) groups is 2. The zero-order chi connectivity index (χ0) is 19.2. The van der Waals surface area contributed by atoms with Crippen LogP contribution in [0.5, 0.6) is 0 Å². The molecular weight excluding hydrogens is 340 g/mol. The van der Waals surface area contributed by atoms with Crippen LogP contribution in [0.3, 0.4) is 0 Å². The van der Waals surface area contributed by atoms with Crippen molar-refractivity contribution in [3.63, 3.8) is 0 Å². The van der Waals surface area contributed by atoms with Gasteiger partial charge in [0.2, 0.25) is 11.9 Å². The molecule has 0 aliphatic carbocycles. The number of rotatable bonds is 6. The maximum atomic E-state index is 11.2.